The van der Waals surface area contributed by atoms with Gasteiger partial charge in [0.1, 0.15) is 23.1 Å². The highest BCUT2D eigenvalue weighted by atomic mass is 35.5. The molecule has 27 heavy (non-hydrogen) atoms. The largest absolute Gasteiger partial charge is 0.491 e. The predicted octanol–water partition coefficient (Wildman–Crippen LogP) is 4.58. The van der Waals surface area contributed by atoms with Crippen LogP contribution in [0.2, 0.25) is 5.02 Å². The van der Waals surface area contributed by atoms with E-state index in [0.717, 1.165) is 6.07 Å². The Morgan fingerprint density at radius 1 is 1.22 bits per heavy atom. The number of hydrogen-bond donors (Lipinski definition) is 1. The zero-order chi connectivity index (χ0) is 19.9. The molecule has 9 heteroatoms. The molecule has 2 aromatic rings. The Balaban J connectivity index is 2.31. The summed E-state index contributed by atoms with van der Waals surface area (Å²) in [5, 5.41) is 8.67. The van der Waals surface area contributed by atoms with Gasteiger partial charge in [0.05, 0.1) is 18.8 Å². The standard InChI is InChI=1S/C18H17ClF3NO4/c1-25-7-8-26-14-5-4-12(3-2-6-24)16(10-14)27-17-15(19)9-13(11-23-17)18(20,21)22/h2-5,9-11,24H,6-8H2,1H3. The van der Waals surface area contributed by atoms with Crippen molar-refractivity contribution in [2.45, 2.75) is 6.18 Å². The minimum atomic E-state index is -4.56. The lowest BCUT2D eigenvalue weighted by Crippen LogP contribution is -2.06. The summed E-state index contributed by atoms with van der Waals surface area (Å²) in [6, 6.07) is 5.64. The van der Waals surface area contributed by atoms with Crippen LogP contribution in [0.4, 0.5) is 13.2 Å². The molecule has 0 aliphatic carbocycles. The third-order valence-electron chi connectivity index (χ3n) is 3.29. The number of pyridine rings is 1. The summed E-state index contributed by atoms with van der Waals surface area (Å²) in [5.74, 6) is 0.535. The number of benzene rings is 1. The highest BCUT2D eigenvalue weighted by Crippen LogP contribution is 2.36. The first-order chi connectivity index (χ1) is 12.8. The lowest BCUT2D eigenvalue weighted by atomic mass is 10.1. The second kappa shape index (κ2) is 9.59. The molecule has 0 aliphatic heterocycles. The third-order valence-corrected chi connectivity index (χ3v) is 3.56. The number of hydrogen-bond acceptors (Lipinski definition) is 5. The van der Waals surface area contributed by atoms with Crippen molar-refractivity contribution in [1.82, 2.24) is 4.98 Å². The maximum Gasteiger partial charge on any atom is 0.417 e. The smallest absolute Gasteiger partial charge is 0.417 e. The van der Waals surface area contributed by atoms with E-state index in [1.54, 1.807) is 31.4 Å². The van der Waals surface area contributed by atoms with E-state index in [1.807, 2.05) is 0 Å². The van der Waals surface area contributed by atoms with Gasteiger partial charge in [0, 0.05) is 24.9 Å². The Morgan fingerprint density at radius 3 is 2.63 bits per heavy atom. The maximum atomic E-state index is 12.7. The molecule has 0 radical (unpaired) electrons. The Hall–Kier alpha value is -2.29. The molecule has 0 saturated heterocycles. The molecule has 1 heterocycles. The monoisotopic (exact) mass is 403 g/mol. The van der Waals surface area contributed by atoms with Crippen LogP contribution in [0.3, 0.4) is 0 Å². The van der Waals surface area contributed by atoms with Gasteiger partial charge in [-0.3, -0.25) is 0 Å². The molecular formula is C18H17ClF3NO4. The second-order valence-electron chi connectivity index (χ2n) is 5.24. The number of rotatable bonds is 8. The summed E-state index contributed by atoms with van der Waals surface area (Å²) < 4.78 is 54.2. The van der Waals surface area contributed by atoms with Gasteiger partial charge in [0.2, 0.25) is 5.88 Å². The van der Waals surface area contributed by atoms with Crippen LogP contribution in [-0.2, 0) is 10.9 Å². The van der Waals surface area contributed by atoms with Crippen molar-refractivity contribution in [3.05, 3.63) is 52.7 Å². The van der Waals surface area contributed by atoms with Crippen molar-refractivity contribution in [2.75, 3.05) is 26.9 Å². The van der Waals surface area contributed by atoms with E-state index in [-0.39, 0.29) is 23.3 Å². The first-order valence-corrected chi connectivity index (χ1v) is 8.16. The first kappa shape index (κ1) is 21.0. The summed E-state index contributed by atoms with van der Waals surface area (Å²) in [7, 11) is 1.54. The first-order valence-electron chi connectivity index (χ1n) is 7.79. The molecule has 0 amide bonds. The number of aromatic nitrogens is 1. The third kappa shape index (κ3) is 6.13. The van der Waals surface area contributed by atoms with E-state index in [1.165, 1.54) is 6.08 Å². The normalized spacial score (nSPS) is 11.8. The molecule has 146 valence electrons. The van der Waals surface area contributed by atoms with Crippen molar-refractivity contribution in [3.8, 4) is 17.4 Å². The van der Waals surface area contributed by atoms with E-state index in [9.17, 15) is 13.2 Å². The summed E-state index contributed by atoms with van der Waals surface area (Å²) in [6.07, 6.45) is -0.843. The van der Waals surface area contributed by atoms with Crippen molar-refractivity contribution >= 4 is 17.7 Å². The lowest BCUT2D eigenvalue weighted by molar-refractivity contribution is -0.137. The molecule has 0 unspecified atom stereocenters. The fraction of sp³-hybridized carbons (Fsp3) is 0.278. The minimum Gasteiger partial charge on any atom is -0.491 e. The fourth-order valence-electron chi connectivity index (χ4n) is 2.01. The van der Waals surface area contributed by atoms with E-state index < -0.39 is 11.7 Å². The number of nitrogens with zero attached hydrogens (tertiary/aromatic N) is 1. The van der Waals surface area contributed by atoms with Crippen LogP contribution in [0.15, 0.2) is 36.5 Å². The summed E-state index contributed by atoms with van der Waals surface area (Å²) in [4.78, 5) is 3.66. The predicted molar refractivity (Wildman–Crippen MR) is 94.3 cm³/mol. The number of methoxy groups -OCH3 is 1. The van der Waals surface area contributed by atoms with Crippen LogP contribution in [0.5, 0.6) is 17.4 Å². The van der Waals surface area contributed by atoms with Gasteiger partial charge < -0.3 is 19.3 Å². The van der Waals surface area contributed by atoms with Gasteiger partial charge in [0.15, 0.2) is 0 Å². The molecule has 1 N–H and O–H groups in total. The van der Waals surface area contributed by atoms with Gasteiger partial charge in [-0.05, 0) is 18.2 Å². The molecule has 0 atom stereocenters. The summed E-state index contributed by atoms with van der Waals surface area (Å²) >= 11 is 5.89. The zero-order valence-corrected chi connectivity index (χ0v) is 15.0. The number of ether oxygens (including phenoxy) is 3. The number of alkyl halides is 3. The molecule has 0 bridgehead atoms. The minimum absolute atomic E-state index is 0.183. The molecule has 0 spiro atoms. The van der Waals surface area contributed by atoms with Crippen LogP contribution in [-0.4, -0.2) is 37.0 Å². The van der Waals surface area contributed by atoms with Gasteiger partial charge in [-0.1, -0.05) is 23.8 Å². The summed E-state index contributed by atoms with van der Waals surface area (Å²) in [6.45, 7) is 0.501. The number of halogens is 4. The van der Waals surface area contributed by atoms with Gasteiger partial charge in [-0.15, -0.1) is 0 Å². The number of aliphatic hydroxyl groups is 1. The molecule has 1 aromatic carbocycles. The molecule has 1 aromatic heterocycles. The average molecular weight is 404 g/mol. The highest BCUT2D eigenvalue weighted by Gasteiger charge is 2.31. The molecule has 0 saturated carbocycles. The van der Waals surface area contributed by atoms with Crippen molar-refractivity contribution < 1.29 is 32.5 Å². The molecule has 0 fully saturated rings. The number of aliphatic hydroxyl groups excluding tert-OH is 1. The topological polar surface area (TPSA) is 60.8 Å². The quantitative estimate of drug-likeness (QED) is 0.654. The van der Waals surface area contributed by atoms with Gasteiger partial charge in [0.25, 0.3) is 0 Å². The fourth-order valence-corrected chi connectivity index (χ4v) is 2.22. The van der Waals surface area contributed by atoms with Crippen molar-refractivity contribution in [2.24, 2.45) is 0 Å². The van der Waals surface area contributed by atoms with Crippen LogP contribution < -0.4 is 9.47 Å². The van der Waals surface area contributed by atoms with E-state index >= 15 is 0 Å². The van der Waals surface area contributed by atoms with Crippen molar-refractivity contribution in [1.29, 1.82) is 0 Å². The average Bonchev–Trinajstić information content (AvgIpc) is 2.62. The van der Waals surface area contributed by atoms with Crippen molar-refractivity contribution in [3.63, 3.8) is 0 Å². The Kier molecular flexibility index (Phi) is 7.46. The van der Waals surface area contributed by atoms with Crippen LogP contribution in [0.25, 0.3) is 6.08 Å². The van der Waals surface area contributed by atoms with Gasteiger partial charge in [-0.25, -0.2) is 4.98 Å². The lowest BCUT2D eigenvalue weighted by Gasteiger charge is -2.13. The van der Waals surface area contributed by atoms with E-state index in [2.05, 4.69) is 4.98 Å². The Bertz CT molecular complexity index is 797. The second-order valence-corrected chi connectivity index (χ2v) is 5.64. The highest BCUT2D eigenvalue weighted by molar-refractivity contribution is 6.31. The Labute approximate surface area is 159 Å². The molecule has 5 nitrogen and oxygen atoms in total. The molecular weight excluding hydrogens is 387 g/mol. The SMILES string of the molecule is COCCOc1ccc(C=CCO)c(Oc2ncc(C(F)(F)F)cc2Cl)c1. The molecule has 0 aliphatic rings. The zero-order valence-electron chi connectivity index (χ0n) is 14.3. The summed E-state index contributed by atoms with van der Waals surface area (Å²) in [5.41, 5.74) is -0.419. The van der Waals surface area contributed by atoms with Crippen LogP contribution in [0.1, 0.15) is 11.1 Å². The van der Waals surface area contributed by atoms with E-state index in [4.69, 9.17) is 30.9 Å². The molecule has 2 rings (SSSR count). The van der Waals surface area contributed by atoms with Crippen LogP contribution in [0, 0.1) is 0 Å². The van der Waals surface area contributed by atoms with Crippen LogP contribution >= 0.6 is 11.6 Å². The maximum absolute atomic E-state index is 12.7. The Morgan fingerprint density at radius 2 is 2.00 bits per heavy atom. The van der Waals surface area contributed by atoms with E-state index in [0.29, 0.717) is 30.7 Å². The van der Waals surface area contributed by atoms with Gasteiger partial charge in [-0.2, -0.15) is 13.2 Å². The van der Waals surface area contributed by atoms with Gasteiger partial charge >= 0.3 is 6.18 Å².